The van der Waals surface area contributed by atoms with Gasteiger partial charge in [-0.15, -0.1) is 24.5 Å². The highest BCUT2D eigenvalue weighted by Crippen LogP contribution is 2.40. The van der Waals surface area contributed by atoms with Crippen LogP contribution in [-0.2, 0) is 16.6 Å². The molecule has 4 nitrogen and oxygen atoms in total. The van der Waals surface area contributed by atoms with Crippen molar-refractivity contribution in [3.8, 4) is 5.75 Å². The Morgan fingerprint density at radius 3 is 2.18 bits per heavy atom. The average molecular weight is 496 g/mol. The first-order valence-corrected chi connectivity index (χ1v) is 11.9. The number of hydrogen-bond acceptors (Lipinski definition) is 4. The molecule has 1 aromatic heterocycles. The van der Waals surface area contributed by atoms with Gasteiger partial charge in [0.25, 0.3) is 10.0 Å². The van der Waals surface area contributed by atoms with E-state index in [0.717, 1.165) is 39.9 Å². The van der Waals surface area contributed by atoms with E-state index in [4.69, 9.17) is 0 Å². The van der Waals surface area contributed by atoms with Crippen molar-refractivity contribution in [1.82, 2.24) is 0 Å². The summed E-state index contributed by atoms with van der Waals surface area (Å²) in [6.45, 7) is 1.67. The summed E-state index contributed by atoms with van der Waals surface area (Å²) >= 11 is 1.29. The molecule has 0 unspecified atom stereocenters. The topological polar surface area (TPSA) is 46.6 Å². The lowest BCUT2D eigenvalue weighted by Gasteiger charge is -2.24. The summed E-state index contributed by atoms with van der Waals surface area (Å²) in [5.41, 5.74) is 1.20. The Balaban J connectivity index is 1.77. The van der Waals surface area contributed by atoms with Crippen LogP contribution in [0, 0.1) is 12.7 Å². The van der Waals surface area contributed by atoms with Gasteiger partial charge in [0.05, 0.1) is 11.4 Å². The van der Waals surface area contributed by atoms with Gasteiger partial charge in [-0.2, -0.15) is 0 Å². The molecule has 0 spiro atoms. The number of anilines is 1. The van der Waals surface area contributed by atoms with Gasteiger partial charge in [-0.25, -0.2) is 12.8 Å². The maximum atomic E-state index is 13.6. The van der Waals surface area contributed by atoms with Crippen molar-refractivity contribution in [2.24, 2.45) is 0 Å². The van der Waals surface area contributed by atoms with Crippen molar-refractivity contribution in [1.29, 1.82) is 0 Å². The molecule has 0 radical (unpaired) electrons. The number of aryl methyl sites for hydroxylation is 1. The number of sulfonamides is 1. The molecule has 4 rings (SSSR count). The molecule has 0 atom stereocenters. The van der Waals surface area contributed by atoms with Crippen LogP contribution in [0.15, 0.2) is 77.7 Å². The van der Waals surface area contributed by atoms with Crippen molar-refractivity contribution in [3.63, 3.8) is 0 Å². The Labute approximate surface area is 191 Å². The number of ether oxygens (including phenoxy) is 1. The molecular weight excluding hydrogens is 478 g/mol. The number of halogens is 4. The van der Waals surface area contributed by atoms with E-state index in [0.29, 0.717) is 10.6 Å². The lowest BCUT2D eigenvalue weighted by Crippen LogP contribution is -2.30. The SMILES string of the molecule is Cc1c(N(Cc2ccc(OC(F)(F)F)cc2)S(=O)(=O)c2ccc(F)cc2)sc2ccccc12. The molecule has 33 heavy (non-hydrogen) atoms. The average Bonchev–Trinajstić information content (AvgIpc) is 3.08. The third kappa shape index (κ3) is 4.96. The Bertz CT molecular complexity index is 1380. The summed E-state index contributed by atoms with van der Waals surface area (Å²) in [6.07, 6.45) is -4.83. The first kappa shape index (κ1) is 23.1. The second-order valence-corrected chi connectivity index (χ2v) is 10.1. The van der Waals surface area contributed by atoms with Gasteiger partial charge in [0.2, 0.25) is 0 Å². The predicted molar refractivity (Wildman–Crippen MR) is 119 cm³/mol. The van der Waals surface area contributed by atoms with Crippen molar-refractivity contribution in [2.45, 2.75) is 24.7 Å². The Morgan fingerprint density at radius 1 is 0.939 bits per heavy atom. The standard InChI is InChI=1S/C23H17F4NO3S2/c1-15-20-4-2-3-5-21(20)32-22(15)28(33(29,30)19-12-8-17(24)9-13-19)14-16-6-10-18(11-7-16)31-23(25,26)27/h2-13H,14H2,1H3. The fourth-order valence-corrected chi connectivity index (χ4v) is 6.29. The van der Waals surface area contributed by atoms with Crippen molar-refractivity contribution in [3.05, 3.63) is 89.7 Å². The van der Waals surface area contributed by atoms with E-state index in [2.05, 4.69) is 4.74 Å². The number of rotatable bonds is 6. The second kappa shape index (κ2) is 8.68. The second-order valence-electron chi connectivity index (χ2n) is 7.19. The minimum atomic E-state index is -4.83. The molecule has 0 aliphatic rings. The maximum Gasteiger partial charge on any atom is 0.573 e. The summed E-state index contributed by atoms with van der Waals surface area (Å²) in [6, 6.07) is 16.9. The largest absolute Gasteiger partial charge is 0.573 e. The molecule has 0 saturated heterocycles. The first-order chi connectivity index (χ1) is 15.5. The quantitative estimate of drug-likeness (QED) is 0.282. The van der Waals surface area contributed by atoms with Crippen LogP contribution in [0.3, 0.4) is 0 Å². The van der Waals surface area contributed by atoms with Gasteiger partial charge in [0.15, 0.2) is 0 Å². The van der Waals surface area contributed by atoms with E-state index in [1.54, 1.807) is 0 Å². The van der Waals surface area contributed by atoms with Gasteiger partial charge < -0.3 is 4.74 Å². The molecule has 0 aliphatic heterocycles. The molecule has 0 bridgehead atoms. The monoisotopic (exact) mass is 495 g/mol. The zero-order valence-electron chi connectivity index (χ0n) is 17.1. The van der Waals surface area contributed by atoms with Crippen LogP contribution in [0.2, 0.25) is 0 Å². The van der Waals surface area contributed by atoms with Crippen molar-refractivity contribution < 1.29 is 30.7 Å². The van der Waals surface area contributed by atoms with Crippen LogP contribution in [0.1, 0.15) is 11.1 Å². The highest BCUT2D eigenvalue weighted by atomic mass is 32.2. The van der Waals surface area contributed by atoms with Crippen molar-refractivity contribution in [2.75, 3.05) is 4.31 Å². The van der Waals surface area contributed by atoms with Crippen LogP contribution in [0.25, 0.3) is 10.1 Å². The van der Waals surface area contributed by atoms with Gasteiger partial charge in [0, 0.05) is 4.70 Å². The minimum absolute atomic E-state index is 0.0993. The fourth-order valence-electron chi connectivity index (χ4n) is 3.36. The Hall–Kier alpha value is -3.11. The number of thiophene rings is 1. The van der Waals surface area contributed by atoms with Crippen LogP contribution in [0.5, 0.6) is 5.75 Å². The number of benzene rings is 3. The highest BCUT2D eigenvalue weighted by molar-refractivity contribution is 7.93. The molecule has 0 saturated carbocycles. The Morgan fingerprint density at radius 2 is 1.58 bits per heavy atom. The Kier molecular flexibility index (Phi) is 6.06. The normalized spacial score (nSPS) is 12.2. The molecule has 172 valence electrons. The molecule has 0 amide bonds. The van der Waals surface area contributed by atoms with Crippen LogP contribution < -0.4 is 9.04 Å². The van der Waals surface area contributed by atoms with Crippen LogP contribution in [-0.4, -0.2) is 14.8 Å². The van der Waals surface area contributed by atoms with E-state index >= 15 is 0 Å². The molecule has 1 heterocycles. The van der Waals surface area contributed by atoms with Gasteiger partial charge in [0.1, 0.15) is 16.6 Å². The van der Waals surface area contributed by atoms with E-state index in [1.807, 2.05) is 31.2 Å². The number of alkyl halides is 3. The van der Waals surface area contributed by atoms with Gasteiger partial charge in [-0.3, -0.25) is 4.31 Å². The van der Waals surface area contributed by atoms with E-state index < -0.39 is 28.0 Å². The number of nitrogens with zero attached hydrogens (tertiary/aromatic N) is 1. The lowest BCUT2D eigenvalue weighted by atomic mass is 10.2. The zero-order chi connectivity index (χ0) is 23.8. The summed E-state index contributed by atoms with van der Waals surface area (Å²) in [5.74, 6) is -0.976. The smallest absolute Gasteiger partial charge is 0.406 e. The molecule has 0 fully saturated rings. The summed E-state index contributed by atoms with van der Waals surface area (Å²) in [4.78, 5) is -0.0993. The van der Waals surface area contributed by atoms with Crippen LogP contribution >= 0.6 is 11.3 Å². The minimum Gasteiger partial charge on any atom is -0.406 e. The summed E-state index contributed by atoms with van der Waals surface area (Å²) < 4.78 is 83.9. The van der Waals surface area contributed by atoms with Gasteiger partial charge in [-0.05, 0) is 65.9 Å². The zero-order valence-corrected chi connectivity index (χ0v) is 18.8. The molecule has 4 aromatic rings. The van der Waals surface area contributed by atoms with Gasteiger partial charge >= 0.3 is 6.36 Å². The maximum absolute atomic E-state index is 13.6. The molecule has 0 N–H and O–H groups in total. The lowest BCUT2D eigenvalue weighted by molar-refractivity contribution is -0.274. The summed E-state index contributed by atoms with van der Waals surface area (Å²) in [5, 5.41) is 1.36. The van der Waals surface area contributed by atoms with E-state index in [1.165, 1.54) is 39.9 Å². The number of hydrogen-bond donors (Lipinski definition) is 0. The van der Waals surface area contributed by atoms with E-state index in [9.17, 15) is 26.0 Å². The number of fused-ring (bicyclic) bond motifs is 1. The van der Waals surface area contributed by atoms with Crippen LogP contribution in [0.4, 0.5) is 22.6 Å². The molecule has 10 heteroatoms. The highest BCUT2D eigenvalue weighted by Gasteiger charge is 2.31. The van der Waals surface area contributed by atoms with E-state index in [-0.39, 0.29) is 11.4 Å². The first-order valence-electron chi connectivity index (χ1n) is 9.66. The summed E-state index contributed by atoms with van der Waals surface area (Å²) in [7, 11) is -4.11. The van der Waals surface area contributed by atoms with Crippen molar-refractivity contribution >= 4 is 36.4 Å². The fraction of sp³-hybridized carbons (Fsp3) is 0.130. The van der Waals surface area contributed by atoms with Gasteiger partial charge in [-0.1, -0.05) is 30.3 Å². The predicted octanol–water partition coefficient (Wildman–Crippen LogP) is 6.64. The molecule has 3 aromatic carbocycles. The molecule has 0 aliphatic carbocycles. The molecular formula is C23H17F4NO3S2. The third-order valence-corrected chi connectivity index (χ3v) is 8.10. The third-order valence-electron chi connectivity index (χ3n) is 4.93.